The molecule has 1 aliphatic rings. The van der Waals surface area contributed by atoms with Crippen LogP contribution in [0.3, 0.4) is 0 Å². The zero-order valence-electron chi connectivity index (χ0n) is 7.95. The number of aliphatic imine (C=N–C) groups is 1. The van der Waals surface area contributed by atoms with Gasteiger partial charge >= 0.3 is 0 Å². The van der Waals surface area contributed by atoms with E-state index >= 15 is 0 Å². The van der Waals surface area contributed by atoms with E-state index in [2.05, 4.69) is 44.9 Å². The summed E-state index contributed by atoms with van der Waals surface area (Å²) in [6.07, 6.45) is 0. The van der Waals surface area contributed by atoms with Crippen LogP contribution in [0.2, 0.25) is 0 Å². The van der Waals surface area contributed by atoms with E-state index in [1.165, 1.54) is 5.71 Å². The lowest BCUT2D eigenvalue weighted by molar-refractivity contribution is 0.371. The predicted molar refractivity (Wildman–Crippen MR) is 48.0 cm³/mol. The standard InChI is InChI=1S/C8H16N2.H2O/c1-6-7(2,3)10-8(4,5)9-6;/h10H,1-5H3;1H2. The molecule has 0 amide bonds. The van der Waals surface area contributed by atoms with E-state index in [0.29, 0.717) is 0 Å². The Kier molecular flexibility index (Phi) is 2.48. The summed E-state index contributed by atoms with van der Waals surface area (Å²) in [4.78, 5) is 4.48. The van der Waals surface area contributed by atoms with E-state index in [1.807, 2.05) is 0 Å². The third kappa shape index (κ3) is 2.01. The van der Waals surface area contributed by atoms with Gasteiger partial charge in [-0.3, -0.25) is 10.3 Å². The molecule has 0 radical (unpaired) electrons. The van der Waals surface area contributed by atoms with Crippen LogP contribution in [-0.4, -0.2) is 22.4 Å². The topological polar surface area (TPSA) is 55.9 Å². The molecule has 0 atom stereocenters. The van der Waals surface area contributed by atoms with Crippen molar-refractivity contribution in [2.45, 2.75) is 45.8 Å². The van der Waals surface area contributed by atoms with E-state index in [4.69, 9.17) is 0 Å². The number of nitrogens with one attached hydrogen (secondary N) is 1. The van der Waals surface area contributed by atoms with Crippen LogP contribution in [0.25, 0.3) is 0 Å². The Morgan fingerprint density at radius 2 is 1.64 bits per heavy atom. The maximum atomic E-state index is 4.48. The van der Waals surface area contributed by atoms with Gasteiger partial charge in [0.05, 0.1) is 5.54 Å². The van der Waals surface area contributed by atoms with Crippen LogP contribution in [0.1, 0.15) is 34.6 Å². The van der Waals surface area contributed by atoms with Crippen LogP contribution in [0.5, 0.6) is 0 Å². The van der Waals surface area contributed by atoms with Crippen LogP contribution >= 0.6 is 0 Å². The SMILES string of the molecule is CC1=NC(C)(C)NC1(C)C.O. The molecule has 0 fully saturated rings. The Hall–Kier alpha value is -0.410. The lowest BCUT2D eigenvalue weighted by Gasteiger charge is -2.24. The maximum absolute atomic E-state index is 4.48. The molecule has 66 valence electrons. The summed E-state index contributed by atoms with van der Waals surface area (Å²) in [6, 6.07) is 0. The molecule has 1 aliphatic heterocycles. The molecule has 0 spiro atoms. The smallest absolute Gasteiger partial charge is 0.105 e. The molecule has 0 bridgehead atoms. The Labute approximate surface area is 68.2 Å². The molecule has 1 heterocycles. The minimum Gasteiger partial charge on any atom is -0.412 e. The largest absolute Gasteiger partial charge is 0.412 e. The zero-order valence-corrected chi connectivity index (χ0v) is 7.95. The second-order valence-electron chi connectivity index (χ2n) is 4.01. The molecule has 0 aromatic heterocycles. The maximum Gasteiger partial charge on any atom is 0.105 e. The van der Waals surface area contributed by atoms with Gasteiger partial charge in [-0.25, -0.2) is 0 Å². The highest BCUT2D eigenvalue weighted by Gasteiger charge is 2.35. The van der Waals surface area contributed by atoms with E-state index in [0.717, 1.165) is 0 Å². The van der Waals surface area contributed by atoms with Gasteiger partial charge in [0.15, 0.2) is 0 Å². The first-order valence-electron chi connectivity index (χ1n) is 3.70. The molecule has 0 unspecified atom stereocenters. The van der Waals surface area contributed by atoms with E-state index < -0.39 is 0 Å². The molecule has 0 saturated heterocycles. The summed E-state index contributed by atoms with van der Waals surface area (Å²) in [5.74, 6) is 0. The van der Waals surface area contributed by atoms with Crippen LogP contribution in [0.4, 0.5) is 0 Å². The highest BCUT2D eigenvalue weighted by molar-refractivity contribution is 5.92. The van der Waals surface area contributed by atoms with Gasteiger partial charge < -0.3 is 5.48 Å². The molecule has 0 aromatic carbocycles. The van der Waals surface area contributed by atoms with Gasteiger partial charge in [0, 0.05) is 5.71 Å². The first-order valence-corrected chi connectivity index (χ1v) is 3.70. The van der Waals surface area contributed by atoms with Gasteiger partial charge in [-0.05, 0) is 34.6 Å². The predicted octanol–water partition coefficient (Wildman–Crippen LogP) is 0.740. The van der Waals surface area contributed by atoms with Crippen molar-refractivity contribution in [3.8, 4) is 0 Å². The fourth-order valence-electron chi connectivity index (χ4n) is 1.44. The van der Waals surface area contributed by atoms with Crippen molar-refractivity contribution in [2.75, 3.05) is 0 Å². The van der Waals surface area contributed by atoms with Crippen molar-refractivity contribution in [2.24, 2.45) is 4.99 Å². The summed E-state index contributed by atoms with van der Waals surface area (Å²) in [6.45, 7) is 10.6. The number of hydrogen-bond donors (Lipinski definition) is 1. The van der Waals surface area contributed by atoms with Crippen molar-refractivity contribution in [3.05, 3.63) is 0 Å². The van der Waals surface area contributed by atoms with Crippen LogP contribution in [0.15, 0.2) is 4.99 Å². The average molecular weight is 158 g/mol. The van der Waals surface area contributed by atoms with Gasteiger partial charge in [-0.15, -0.1) is 0 Å². The van der Waals surface area contributed by atoms with Crippen LogP contribution in [0, 0.1) is 0 Å². The monoisotopic (exact) mass is 158 g/mol. The van der Waals surface area contributed by atoms with Gasteiger partial charge in [-0.1, -0.05) is 0 Å². The second-order valence-corrected chi connectivity index (χ2v) is 4.01. The first-order chi connectivity index (χ1) is 4.33. The van der Waals surface area contributed by atoms with Crippen molar-refractivity contribution < 1.29 is 5.48 Å². The Morgan fingerprint density at radius 1 is 1.18 bits per heavy atom. The van der Waals surface area contributed by atoms with Crippen molar-refractivity contribution >= 4 is 5.71 Å². The zero-order chi connectivity index (χ0) is 7.99. The van der Waals surface area contributed by atoms with E-state index in [-0.39, 0.29) is 16.7 Å². The fourth-order valence-corrected chi connectivity index (χ4v) is 1.44. The van der Waals surface area contributed by atoms with Gasteiger partial charge in [0.25, 0.3) is 0 Å². The highest BCUT2D eigenvalue weighted by atomic mass is 16.0. The van der Waals surface area contributed by atoms with Crippen molar-refractivity contribution in [1.29, 1.82) is 0 Å². The van der Waals surface area contributed by atoms with Gasteiger partial charge in [0.1, 0.15) is 5.66 Å². The molecule has 0 saturated carbocycles. The summed E-state index contributed by atoms with van der Waals surface area (Å²) in [7, 11) is 0. The molecule has 3 nitrogen and oxygen atoms in total. The average Bonchev–Trinajstić information content (AvgIpc) is 1.73. The molecule has 3 N–H and O–H groups in total. The fraction of sp³-hybridized carbons (Fsp3) is 0.875. The highest BCUT2D eigenvalue weighted by Crippen LogP contribution is 2.22. The number of nitrogens with zero attached hydrogens (tertiary/aromatic N) is 1. The summed E-state index contributed by atoms with van der Waals surface area (Å²) < 4.78 is 0. The molecule has 3 heteroatoms. The molecule has 0 aromatic rings. The van der Waals surface area contributed by atoms with E-state index in [9.17, 15) is 0 Å². The summed E-state index contributed by atoms with van der Waals surface area (Å²) in [5.41, 5.74) is 1.22. The quantitative estimate of drug-likeness (QED) is 0.555. The lowest BCUT2D eigenvalue weighted by Crippen LogP contribution is -2.47. The lowest BCUT2D eigenvalue weighted by atomic mass is 10.0. The summed E-state index contributed by atoms with van der Waals surface area (Å²) >= 11 is 0. The first kappa shape index (κ1) is 10.6. The third-order valence-corrected chi connectivity index (χ3v) is 1.97. The third-order valence-electron chi connectivity index (χ3n) is 1.97. The molecule has 11 heavy (non-hydrogen) atoms. The normalized spacial score (nSPS) is 25.7. The molecule has 0 aliphatic carbocycles. The van der Waals surface area contributed by atoms with Crippen molar-refractivity contribution in [1.82, 2.24) is 5.32 Å². The van der Waals surface area contributed by atoms with Crippen LogP contribution in [-0.2, 0) is 0 Å². The van der Waals surface area contributed by atoms with Crippen LogP contribution < -0.4 is 5.32 Å². The number of hydrogen-bond acceptors (Lipinski definition) is 2. The minimum absolute atomic E-state index is 0. The Morgan fingerprint density at radius 3 is 1.73 bits per heavy atom. The molecular formula is C8H18N2O. The Bertz CT molecular complexity index is 183. The van der Waals surface area contributed by atoms with Gasteiger partial charge in [0.2, 0.25) is 0 Å². The van der Waals surface area contributed by atoms with E-state index in [1.54, 1.807) is 0 Å². The van der Waals surface area contributed by atoms with Gasteiger partial charge in [-0.2, -0.15) is 0 Å². The second kappa shape index (κ2) is 2.57. The number of rotatable bonds is 0. The Balaban J connectivity index is 0.000001000. The van der Waals surface area contributed by atoms with Crippen molar-refractivity contribution in [3.63, 3.8) is 0 Å². The summed E-state index contributed by atoms with van der Waals surface area (Å²) in [5, 5.41) is 3.42. The molecule has 1 rings (SSSR count). The minimum atomic E-state index is -0.0619. The molecular weight excluding hydrogens is 140 g/mol.